The van der Waals surface area contributed by atoms with Crippen LogP contribution in [0.1, 0.15) is 10.4 Å². The molecule has 0 saturated carbocycles. The molecular formula is C16H10BrNO3. The molecule has 0 atom stereocenters. The maximum absolute atomic E-state index is 12.7. The molecule has 4 rings (SSSR count). The summed E-state index contributed by atoms with van der Waals surface area (Å²) in [6.45, 7) is 0.199. The van der Waals surface area contributed by atoms with Gasteiger partial charge in [0.15, 0.2) is 11.5 Å². The van der Waals surface area contributed by atoms with E-state index in [0.717, 1.165) is 15.4 Å². The van der Waals surface area contributed by atoms with E-state index in [1.54, 1.807) is 29.0 Å². The van der Waals surface area contributed by atoms with Gasteiger partial charge in [0.05, 0.1) is 5.52 Å². The van der Waals surface area contributed by atoms with E-state index in [2.05, 4.69) is 15.9 Å². The van der Waals surface area contributed by atoms with Crippen LogP contribution in [0.15, 0.2) is 53.1 Å². The Morgan fingerprint density at radius 2 is 1.95 bits per heavy atom. The molecule has 0 unspecified atom stereocenters. The summed E-state index contributed by atoms with van der Waals surface area (Å²) >= 11 is 3.50. The molecule has 0 N–H and O–H groups in total. The first kappa shape index (κ1) is 12.5. The van der Waals surface area contributed by atoms with Gasteiger partial charge in [-0.05, 0) is 46.3 Å². The van der Waals surface area contributed by atoms with Crippen molar-refractivity contribution in [3.8, 4) is 11.5 Å². The average Bonchev–Trinajstić information content (AvgIpc) is 3.13. The van der Waals surface area contributed by atoms with Crippen molar-refractivity contribution in [2.24, 2.45) is 0 Å². The molecule has 0 amide bonds. The smallest absolute Gasteiger partial charge is 0.262 e. The van der Waals surface area contributed by atoms with Crippen LogP contribution in [0.2, 0.25) is 0 Å². The van der Waals surface area contributed by atoms with Gasteiger partial charge in [0.25, 0.3) is 5.91 Å². The third-order valence-corrected chi connectivity index (χ3v) is 4.14. The van der Waals surface area contributed by atoms with Gasteiger partial charge >= 0.3 is 0 Å². The van der Waals surface area contributed by atoms with Crippen molar-refractivity contribution in [3.05, 3.63) is 58.7 Å². The molecule has 2 heterocycles. The number of rotatable bonds is 1. The molecule has 0 aliphatic carbocycles. The number of halogens is 1. The number of carbonyl (C=O) groups excluding carboxylic acids is 1. The quantitative estimate of drug-likeness (QED) is 0.674. The molecule has 0 saturated heterocycles. The fourth-order valence-electron chi connectivity index (χ4n) is 2.49. The second-order valence-electron chi connectivity index (χ2n) is 4.74. The lowest BCUT2D eigenvalue weighted by Crippen LogP contribution is -2.10. The fraction of sp³-hybridized carbons (Fsp3) is 0.0625. The van der Waals surface area contributed by atoms with Gasteiger partial charge in [0.2, 0.25) is 6.79 Å². The van der Waals surface area contributed by atoms with Crippen LogP contribution in [-0.4, -0.2) is 17.3 Å². The van der Waals surface area contributed by atoms with E-state index in [9.17, 15) is 4.79 Å². The molecule has 0 spiro atoms. The van der Waals surface area contributed by atoms with Gasteiger partial charge in [-0.2, -0.15) is 0 Å². The van der Waals surface area contributed by atoms with Crippen molar-refractivity contribution in [3.63, 3.8) is 0 Å². The van der Waals surface area contributed by atoms with E-state index < -0.39 is 0 Å². The highest BCUT2D eigenvalue weighted by molar-refractivity contribution is 9.10. The van der Waals surface area contributed by atoms with Crippen molar-refractivity contribution in [1.82, 2.24) is 4.57 Å². The standard InChI is InChI=1S/C16H10BrNO3/c17-12-3-1-2-10-6-7-18(15(10)12)16(19)11-4-5-13-14(8-11)21-9-20-13/h1-8H,9H2. The predicted octanol–water partition coefficient (Wildman–Crippen LogP) is 3.82. The zero-order valence-electron chi connectivity index (χ0n) is 10.9. The lowest BCUT2D eigenvalue weighted by atomic mass is 10.2. The monoisotopic (exact) mass is 343 g/mol. The van der Waals surface area contributed by atoms with Crippen molar-refractivity contribution < 1.29 is 14.3 Å². The van der Waals surface area contributed by atoms with Crippen LogP contribution >= 0.6 is 15.9 Å². The summed E-state index contributed by atoms with van der Waals surface area (Å²) < 4.78 is 13.1. The Bertz CT molecular complexity index is 869. The zero-order valence-corrected chi connectivity index (χ0v) is 12.5. The van der Waals surface area contributed by atoms with Crippen LogP contribution in [0.3, 0.4) is 0 Å². The molecule has 3 aromatic rings. The number of hydrogen-bond donors (Lipinski definition) is 0. The molecule has 0 fully saturated rings. The van der Waals surface area contributed by atoms with Crippen LogP contribution in [0.5, 0.6) is 11.5 Å². The summed E-state index contributed by atoms with van der Waals surface area (Å²) in [6, 6.07) is 13.0. The number of ether oxygens (including phenoxy) is 2. The van der Waals surface area contributed by atoms with Gasteiger partial charge < -0.3 is 9.47 Å². The lowest BCUT2D eigenvalue weighted by Gasteiger charge is -2.06. The van der Waals surface area contributed by atoms with Crippen molar-refractivity contribution in [2.45, 2.75) is 0 Å². The predicted molar refractivity (Wildman–Crippen MR) is 81.9 cm³/mol. The first-order valence-corrected chi connectivity index (χ1v) is 7.23. The molecule has 1 aliphatic rings. The van der Waals surface area contributed by atoms with Gasteiger partial charge in [-0.15, -0.1) is 0 Å². The molecule has 4 nitrogen and oxygen atoms in total. The SMILES string of the molecule is O=C(c1ccc2c(c1)OCO2)n1ccc2cccc(Br)c21. The van der Waals surface area contributed by atoms with E-state index in [1.165, 1.54) is 0 Å². The van der Waals surface area contributed by atoms with Crippen molar-refractivity contribution >= 4 is 32.7 Å². The fourth-order valence-corrected chi connectivity index (χ4v) is 3.06. The Morgan fingerprint density at radius 3 is 2.86 bits per heavy atom. The normalized spacial score (nSPS) is 12.8. The molecule has 104 valence electrons. The zero-order chi connectivity index (χ0) is 14.4. The largest absolute Gasteiger partial charge is 0.454 e. The van der Waals surface area contributed by atoms with Crippen LogP contribution in [-0.2, 0) is 0 Å². The average molecular weight is 344 g/mol. The number of carbonyl (C=O) groups is 1. The topological polar surface area (TPSA) is 40.5 Å². The van der Waals surface area contributed by atoms with Crippen molar-refractivity contribution in [2.75, 3.05) is 6.79 Å². The highest BCUT2D eigenvalue weighted by Gasteiger charge is 2.18. The minimum atomic E-state index is -0.102. The summed E-state index contributed by atoms with van der Waals surface area (Å²) in [5.74, 6) is 1.18. The second-order valence-corrected chi connectivity index (χ2v) is 5.59. The van der Waals surface area contributed by atoms with Crippen LogP contribution in [0.25, 0.3) is 10.9 Å². The number of para-hydroxylation sites is 1. The molecule has 1 aliphatic heterocycles. The number of fused-ring (bicyclic) bond motifs is 2. The minimum Gasteiger partial charge on any atom is -0.454 e. The summed E-state index contributed by atoms with van der Waals surface area (Å²) in [5, 5.41) is 1.01. The van der Waals surface area contributed by atoms with E-state index in [-0.39, 0.29) is 12.7 Å². The number of aromatic nitrogens is 1. The van der Waals surface area contributed by atoms with Gasteiger partial charge in [0.1, 0.15) is 0 Å². The number of nitrogens with zero attached hydrogens (tertiary/aromatic N) is 1. The van der Waals surface area contributed by atoms with E-state index in [0.29, 0.717) is 17.1 Å². The Labute approximate surface area is 129 Å². The summed E-state index contributed by atoms with van der Waals surface area (Å²) in [4.78, 5) is 12.7. The molecule has 1 aromatic heterocycles. The van der Waals surface area contributed by atoms with Crippen LogP contribution in [0, 0.1) is 0 Å². The first-order valence-electron chi connectivity index (χ1n) is 6.44. The molecule has 5 heteroatoms. The summed E-state index contributed by atoms with van der Waals surface area (Å²) in [7, 11) is 0. The third kappa shape index (κ3) is 1.93. The van der Waals surface area contributed by atoms with Crippen molar-refractivity contribution in [1.29, 1.82) is 0 Å². The molecule has 2 aromatic carbocycles. The van der Waals surface area contributed by atoms with Gasteiger partial charge in [-0.25, -0.2) is 0 Å². The van der Waals surface area contributed by atoms with E-state index in [1.807, 2.05) is 24.3 Å². The second kappa shape index (κ2) is 4.63. The molecule has 0 radical (unpaired) electrons. The number of benzene rings is 2. The van der Waals surface area contributed by atoms with E-state index >= 15 is 0 Å². The first-order chi connectivity index (χ1) is 10.2. The van der Waals surface area contributed by atoms with Gasteiger partial charge in [-0.1, -0.05) is 12.1 Å². The Kier molecular flexibility index (Phi) is 2.75. The Hall–Kier alpha value is -2.27. The van der Waals surface area contributed by atoms with Crippen LogP contribution in [0.4, 0.5) is 0 Å². The molecular weight excluding hydrogens is 334 g/mol. The van der Waals surface area contributed by atoms with E-state index in [4.69, 9.17) is 9.47 Å². The molecule has 21 heavy (non-hydrogen) atoms. The lowest BCUT2D eigenvalue weighted by molar-refractivity contribution is 0.0964. The Morgan fingerprint density at radius 1 is 1.10 bits per heavy atom. The summed E-state index contributed by atoms with van der Waals surface area (Å²) in [6.07, 6.45) is 1.78. The third-order valence-electron chi connectivity index (χ3n) is 3.50. The summed E-state index contributed by atoms with van der Waals surface area (Å²) in [5.41, 5.74) is 1.42. The minimum absolute atomic E-state index is 0.102. The van der Waals surface area contributed by atoms with Gasteiger partial charge in [0, 0.05) is 21.6 Å². The maximum Gasteiger partial charge on any atom is 0.262 e. The highest BCUT2D eigenvalue weighted by atomic mass is 79.9. The highest BCUT2D eigenvalue weighted by Crippen LogP contribution is 2.33. The van der Waals surface area contributed by atoms with Gasteiger partial charge in [-0.3, -0.25) is 9.36 Å². The number of hydrogen-bond acceptors (Lipinski definition) is 3. The molecule has 0 bridgehead atoms. The Balaban J connectivity index is 1.83. The van der Waals surface area contributed by atoms with Crippen LogP contribution < -0.4 is 9.47 Å². The maximum atomic E-state index is 12.7.